The van der Waals surface area contributed by atoms with Gasteiger partial charge in [0.25, 0.3) is 0 Å². The van der Waals surface area contributed by atoms with E-state index in [-0.39, 0.29) is 0 Å². The number of alkyl halides is 1. The molecular formula is C4H6F2. The van der Waals surface area contributed by atoms with Gasteiger partial charge >= 0.3 is 0 Å². The van der Waals surface area contributed by atoms with Crippen molar-refractivity contribution in [2.24, 2.45) is 0 Å². The van der Waals surface area contributed by atoms with Crippen molar-refractivity contribution in [2.75, 3.05) is 6.67 Å². The summed E-state index contributed by atoms with van der Waals surface area (Å²) in [6.45, 7) is 0.502. The normalized spacial score (nSPS) is 12.2. The predicted molar refractivity (Wildman–Crippen MR) is 20.8 cm³/mol. The third-order valence-electron chi connectivity index (χ3n) is 0.358. The van der Waals surface area contributed by atoms with Gasteiger partial charge in [-0.2, -0.15) is 0 Å². The van der Waals surface area contributed by atoms with E-state index in [2.05, 4.69) is 0 Å². The number of halogens is 2. The van der Waals surface area contributed by atoms with Crippen LogP contribution in [0.3, 0.4) is 0 Å². The Balaban J connectivity index is 3.14. The largest absolute Gasteiger partial charge is 0.246 e. The van der Waals surface area contributed by atoms with E-state index in [1.807, 2.05) is 0 Å². The van der Waals surface area contributed by atoms with Crippen LogP contribution in [0.25, 0.3) is 0 Å². The minimum absolute atomic E-state index is 0.461. The Bertz CT molecular complexity index is 52.6. The molecular weight excluding hydrogens is 86.0 g/mol. The maximum Gasteiger partial charge on any atom is 0.110 e. The van der Waals surface area contributed by atoms with Gasteiger partial charge in [-0.25, -0.2) is 8.78 Å². The van der Waals surface area contributed by atoms with Crippen LogP contribution in [0.2, 0.25) is 0 Å². The van der Waals surface area contributed by atoms with Crippen LogP contribution in [-0.2, 0) is 0 Å². The lowest BCUT2D eigenvalue weighted by Gasteiger charge is -1.73. The molecule has 0 aliphatic heterocycles. The van der Waals surface area contributed by atoms with Crippen molar-refractivity contribution in [3.8, 4) is 0 Å². The molecule has 0 spiro atoms. The fourth-order valence-corrected chi connectivity index (χ4v) is 0.106. The summed E-state index contributed by atoms with van der Waals surface area (Å²) >= 11 is 0. The molecule has 36 valence electrons. The highest BCUT2D eigenvalue weighted by Gasteiger charge is 1.75. The Morgan fingerprint density at radius 1 is 1.83 bits per heavy atom. The van der Waals surface area contributed by atoms with Crippen LogP contribution in [0.1, 0.15) is 6.92 Å². The van der Waals surface area contributed by atoms with E-state index >= 15 is 0 Å². The van der Waals surface area contributed by atoms with Crippen molar-refractivity contribution in [2.45, 2.75) is 6.92 Å². The highest BCUT2D eigenvalue weighted by Crippen LogP contribution is 1.89. The minimum Gasteiger partial charge on any atom is -0.246 e. The number of rotatable bonds is 1. The predicted octanol–water partition coefficient (Wildman–Crippen LogP) is 1.83. The standard InChI is InChI=1S/C4H6F2/c1-4(6)2-3-5/h2H,3H2,1H3/b4-2-. The lowest BCUT2D eigenvalue weighted by Crippen LogP contribution is -1.62. The van der Waals surface area contributed by atoms with Crippen molar-refractivity contribution in [3.05, 3.63) is 11.9 Å². The van der Waals surface area contributed by atoms with Gasteiger partial charge in [0.05, 0.1) is 5.83 Å². The molecule has 0 aromatic carbocycles. The molecule has 0 amide bonds. The van der Waals surface area contributed by atoms with E-state index in [1.165, 1.54) is 6.92 Å². The van der Waals surface area contributed by atoms with E-state index in [9.17, 15) is 8.78 Å². The van der Waals surface area contributed by atoms with Gasteiger partial charge in [0.1, 0.15) is 6.67 Å². The molecule has 0 atom stereocenters. The van der Waals surface area contributed by atoms with Crippen molar-refractivity contribution >= 4 is 0 Å². The molecule has 0 unspecified atom stereocenters. The number of hydrogen-bond donors (Lipinski definition) is 0. The van der Waals surface area contributed by atoms with Crippen LogP contribution in [0, 0.1) is 0 Å². The summed E-state index contributed by atoms with van der Waals surface area (Å²) in [5, 5.41) is 0. The van der Waals surface area contributed by atoms with Gasteiger partial charge in [0.2, 0.25) is 0 Å². The van der Waals surface area contributed by atoms with Crippen LogP contribution in [0.4, 0.5) is 8.78 Å². The molecule has 0 radical (unpaired) electrons. The second-order valence-corrected chi connectivity index (χ2v) is 0.945. The van der Waals surface area contributed by atoms with E-state index in [0.29, 0.717) is 0 Å². The topological polar surface area (TPSA) is 0 Å². The fourth-order valence-electron chi connectivity index (χ4n) is 0.106. The summed E-state index contributed by atoms with van der Waals surface area (Å²) in [5.74, 6) is -0.461. The molecule has 0 aliphatic carbocycles. The maximum absolute atomic E-state index is 11.3. The lowest BCUT2D eigenvalue weighted by molar-refractivity contribution is 0.543. The summed E-state index contributed by atoms with van der Waals surface area (Å²) < 4.78 is 22.3. The lowest BCUT2D eigenvalue weighted by atomic mass is 10.5. The Morgan fingerprint density at radius 3 is 2.33 bits per heavy atom. The molecule has 0 bridgehead atoms. The quantitative estimate of drug-likeness (QED) is 0.463. The molecule has 0 aromatic rings. The zero-order chi connectivity index (χ0) is 4.99. The van der Waals surface area contributed by atoms with Gasteiger partial charge < -0.3 is 0 Å². The van der Waals surface area contributed by atoms with Crippen LogP contribution in [0.5, 0.6) is 0 Å². The van der Waals surface area contributed by atoms with Crippen molar-refractivity contribution in [3.63, 3.8) is 0 Å². The smallest absolute Gasteiger partial charge is 0.110 e. The summed E-state index contributed by atoms with van der Waals surface area (Å²) in [5.41, 5.74) is 0. The van der Waals surface area contributed by atoms with E-state index in [1.54, 1.807) is 0 Å². The van der Waals surface area contributed by atoms with Gasteiger partial charge in [-0.3, -0.25) is 0 Å². The van der Waals surface area contributed by atoms with Crippen molar-refractivity contribution in [1.29, 1.82) is 0 Å². The third kappa shape index (κ3) is 3.60. The monoisotopic (exact) mass is 92.0 g/mol. The molecule has 2 heteroatoms. The molecule has 0 saturated heterocycles. The molecule has 0 nitrogen and oxygen atoms in total. The summed E-state index contributed by atoms with van der Waals surface area (Å²) in [6, 6.07) is 0. The summed E-state index contributed by atoms with van der Waals surface area (Å²) in [4.78, 5) is 0. The molecule has 0 rings (SSSR count). The molecule has 0 aromatic heterocycles. The molecule has 0 N–H and O–H groups in total. The Morgan fingerprint density at radius 2 is 2.33 bits per heavy atom. The third-order valence-corrected chi connectivity index (χ3v) is 0.358. The van der Waals surface area contributed by atoms with Crippen molar-refractivity contribution < 1.29 is 8.78 Å². The summed E-state index contributed by atoms with van der Waals surface area (Å²) in [7, 11) is 0. The van der Waals surface area contributed by atoms with Gasteiger partial charge in [-0.05, 0) is 13.0 Å². The highest BCUT2D eigenvalue weighted by atomic mass is 19.1. The highest BCUT2D eigenvalue weighted by molar-refractivity contribution is 4.85. The first kappa shape index (κ1) is 5.60. The Hall–Kier alpha value is -0.400. The summed E-state index contributed by atoms with van der Waals surface area (Å²) in [6.07, 6.45) is 0.875. The zero-order valence-corrected chi connectivity index (χ0v) is 3.54. The SMILES string of the molecule is C/C(F)=C/CF. The first-order valence-corrected chi connectivity index (χ1v) is 1.65. The fraction of sp³-hybridized carbons (Fsp3) is 0.500. The molecule has 0 saturated carbocycles. The van der Waals surface area contributed by atoms with Crippen LogP contribution in [0.15, 0.2) is 11.9 Å². The Labute approximate surface area is 35.5 Å². The van der Waals surface area contributed by atoms with Gasteiger partial charge in [-0.15, -0.1) is 0 Å². The molecule has 0 heterocycles. The van der Waals surface area contributed by atoms with E-state index < -0.39 is 12.5 Å². The van der Waals surface area contributed by atoms with Gasteiger partial charge in [-0.1, -0.05) is 0 Å². The zero-order valence-electron chi connectivity index (χ0n) is 3.54. The second kappa shape index (κ2) is 2.82. The van der Waals surface area contributed by atoms with Gasteiger partial charge in [0.15, 0.2) is 0 Å². The minimum atomic E-state index is -0.706. The molecule has 0 fully saturated rings. The maximum atomic E-state index is 11.3. The average molecular weight is 92.1 g/mol. The van der Waals surface area contributed by atoms with E-state index in [0.717, 1.165) is 6.08 Å². The van der Waals surface area contributed by atoms with E-state index in [4.69, 9.17) is 0 Å². The van der Waals surface area contributed by atoms with Gasteiger partial charge in [0, 0.05) is 0 Å². The van der Waals surface area contributed by atoms with Crippen LogP contribution < -0.4 is 0 Å². The first-order valence-electron chi connectivity index (χ1n) is 1.65. The van der Waals surface area contributed by atoms with Crippen molar-refractivity contribution in [1.82, 2.24) is 0 Å². The van der Waals surface area contributed by atoms with Crippen LogP contribution >= 0.6 is 0 Å². The number of allylic oxidation sites excluding steroid dienone is 2. The Kier molecular flexibility index (Phi) is 2.63. The van der Waals surface area contributed by atoms with Crippen LogP contribution in [-0.4, -0.2) is 6.67 Å². The molecule has 0 aliphatic rings. The molecule has 6 heavy (non-hydrogen) atoms. The second-order valence-electron chi connectivity index (χ2n) is 0.945. The number of hydrogen-bond acceptors (Lipinski definition) is 0. The average Bonchev–Trinajstić information content (AvgIpc) is 1.35. The first-order chi connectivity index (χ1) is 2.77.